The minimum Gasteiger partial charge on any atom is -0.491 e. The Morgan fingerprint density at radius 2 is 1.40 bits per heavy atom. The Morgan fingerprint density at radius 3 is 2.04 bits per heavy atom. The zero-order valence-corrected chi connectivity index (χ0v) is 13.7. The van der Waals surface area contributed by atoms with E-state index in [4.69, 9.17) is 9.47 Å². The van der Waals surface area contributed by atoms with Gasteiger partial charge < -0.3 is 14.5 Å². The highest BCUT2D eigenvalue weighted by molar-refractivity contribution is 6.07. The number of alkyl halides is 1. The van der Waals surface area contributed by atoms with Gasteiger partial charge in [-0.05, 0) is 29.8 Å². The van der Waals surface area contributed by atoms with E-state index in [1.54, 1.807) is 0 Å². The molecule has 0 saturated heterocycles. The van der Waals surface area contributed by atoms with Crippen LogP contribution in [0.3, 0.4) is 0 Å². The van der Waals surface area contributed by atoms with Crippen molar-refractivity contribution in [1.82, 2.24) is 4.98 Å². The van der Waals surface area contributed by atoms with Crippen molar-refractivity contribution in [2.45, 2.75) is 6.61 Å². The van der Waals surface area contributed by atoms with Crippen molar-refractivity contribution in [3.63, 3.8) is 0 Å². The number of ether oxygens (including phenoxy) is 2. The average Bonchev–Trinajstić information content (AvgIpc) is 3.02. The van der Waals surface area contributed by atoms with Crippen LogP contribution in [0.2, 0.25) is 0 Å². The van der Waals surface area contributed by atoms with Crippen LogP contribution in [0.5, 0.6) is 11.5 Å². The van der Waals surface area contributed by atoms with E-state index in [1.165, 1.54) is 0 Å². The van der Waals surface area contributed by atoms with Crippen LogP contribution in [0.4, 0.5) is 4.39 Å². The molecule has 4 rings (SSSR count). The minimum atomic E-state index is -0.493. The van der Waals surface area contributed by atoms with Gasteiger partial charge in [0.15, 0.2) is 0 Å². The van der Waals surface area contributed by atoms with Gasteiger partial charge in [-0.3, -0.25) is 0 Å². The molecule has 0 saturated carbocycles. The van der Waals surface area contributed by atoms with Crippen LogP contribution in [0.25, 0.3) is 21.8 Å². The van der Waals surface area contributed by atoms with Crippen LogP contribution < -0.4 is 9.47 Å². The Hall–Kier alpha value is -3.01. The fourth-order valence-electron chi connectivity index (χ4n) is 2.95. The maximum atomic E-state index is 12.3. The fourth-order valence-corrected chi connectivity index (χ4v) is 2.95. The van der Waals surface area contributed by atoms with E-state index in [0.29, 0.717) is 12.4 Å². The molecule has 3 aromatic carbocycles. The van der Waals surface area contributed by atoms with Crippen LogP contribution in [0.1, 0.15) is 5.56 Å². The van der Waals surface area contributed by atoms with Crippen molar-refractivity contribution in [2.75, 3.05) is 13.3 Å². The standard InChI is InChI=1S/C21H18FNO2/c22-10-11-24-16-6-8-18-19-9-7-17(13-21(19)23-20(18)12-16)25-14-15-4-2-1-3-5-15/h1-9,12-13,23H,10-11,14H2. The third kappa shape index (κ3) is 3.29. The lowest BCUT2D eigenvalue weighted by Gasteiger charge is -2.06. The molecular formula is C21H18FNO2. The van der Waals surface area contributed by atoms with Crippen molar-refractivity contribution >= 4 is 21.8 Å². The summed E-state index contributed by atoms with van der Waals surface area (Å²) in [7, 11) is 0. The van der Waals surface area contributed by atoms with Gasteiger partial charge in [0.05, 0.1) is 11.0 Å². The van der Waals surface area contributed by atoms with Gasteiger partial charge in [0.1, 0.15) is 31.4 Å². The first-order valence-electron chi connectivity index (χ1n) is 8.24. The normalized spacial score (nSPS) is 11.1. The van der Waals surface area contributed by atoms with Gasteiger partial charge in [0.25, 0.3) is 0 Å². The molecule has 0 amide bonds. The molecule has 0 aliphatic rings. The number of benzene rings is 3. The smallest absolute Gasteiger partial charge is 0.123 e. The summed E-state index contributed by atoms with van der Waals surface area (Å²) in [6.45, 7) is 0.115. The molecule has 25 heavy (non-hydrogen) atoms. The van der Waals surface area contributed by atoms with E-state index in [-0.39, 0.29) is 6.61 Å². The SMILES string of the molecule is FCCOc1ccc2c(c1)[nH]c1cc(OCc3ccccc3)ccc12. The number of rotatable bonds is 6. The number of aromatic nitrogens is 1. The monoisotopic (exact) mass is 335 g/mol. The second kappa shape index (κ2) is 6.85. The molecule has 0 aliphatic carbocycles. The first-order chi connectivity index (χ1) is 12.3. The second-order valence-corrected chi connectivity index (χ2v) is 5.85. The highest BCUT2D eigenvalue weighted by atomic mass is 19.1. The zero-order chi connectivity index (χ0) is 17.1. The van der Waals surface area contributed by atoms with Crippen molar-refractivity contribution in [3.8, 4) is 11.5 Å². The molecule has 1 heterocycles. The number of H-pyrrole nitrogens is 1. The Labute approximate surface area is 145 Å². The maximum absolute atomic E-state index is 12.3. The summed E-state index contributed by atoms with van der Waals surface area (Å²) in [5, 5.41) is 2.23. The van der Waals surface area contributed by atoms with E-state index in [9.17, 15) is 4.39 Å². The molecule has 0 radical (unpaired) electrons. The molecule has 4 heteroatoms. The fraction of sp³-hybridized carbons (Fsp3) is 0.143. The zero-order valence-electron chi connectivity index (χ0n) is 13.7. The minimum absolute atomic E-state index is 0.0726. The lowest BCUT2D eigenvalue weighted by molar-refractivity contribution is 0.273. The van der Waals surface area contributed by atoms with E-state index in [1.807, 2.05) is 60.7 Å². The second-order valence-electron chi connectivity index (χ2n) is 5.85. The third-order valence-electron chi connectivity index (χ3n) is 4.14. The maximum Gasteiger partial charge on any atom is 0.123 e. The topological polar surface area (TPSA) is 34.2 Å². The molecule has 0 bridgehead atoms. The lowest BCUT2D eigenvalue weighted by atomic mass is 10.1. The number of halogens is 1. The number of hydrogen-bond donors (Lipinski definition) is 1. The summed E-state index contributed by atoms with van der Waals surface area (Å²) in [5.41, 5.74) is 3.10. The van der Waals surface area contributed by atoms with Crippen LogP contribution in [-0.2, 0) is 6.61 Å². The van der Waals surface area contributed by atoms with Crippen molar-refractivity contribution < 1.29 is 13.9 Å². The Morgan fingerprint density at radius 1 is 0.760 bits per heavy atom. The molecule has 126 valence electrons. The van der Waals surface area contributed by atoms with Gasteiger partial charge in [0.2, 0.25) is 0 Å². The molecule has 0 aliphatic heterocycles. The molecule has 1 N–H and O–H groups in total. The Bertz CT molecular complexity index is 995. The first kappa shape index (κ1) is 15.5. The molecule has 0 fully saturated rings. The molecule has 4 aromatic rings. The van der Waals surface area contributed by atoms with Crippen molar-refractivity contribution in [1.29, 1.82) is 0 Å². The molecule has 0 atom stereocenters. The van der Waals surface area contributed by atoms with Gasteiger partial charge in [0, 0.05) is 22.9 Å². The van der Waals surface area contributed by atoms with E-state index in [0.717, 1.165) is 33.1 Å². The van der Waals surface area contributed by atoms with Crippen molar-refractivity contribution in [2.24, 2.45) is 0 Å². The highest BCUT2D eigenvalue weighted by Crippen LogP contribution is 2.30. The molecular weight excluding hydrogens is 317 g/mol. The number of hydrogen-bond acceptors (Lipinski definition) is 2. The highest BCUT2D eigenvalue weighted by Gasteiger charge is 2.07. The number of nitrogens with one attached hydrogen (secondary N) is 1. The predicted octanol–water partition coefficient (Wildman–Crippen LogP) is 5.25. The lowest BCUT2D eigenvalue weighted by Crippen LogP contribution is -1.98. The van der Waals surface area contributed by atoms with Gasteiger partial charge in [-0.2, -0.15) is 0 Å². The Balaban J connectivity index is 1.60. The molecule has 0 spiro atoms. The van der Waals surface area contributed by atoms with E-state index >= 15 is 0 Å². The third-order valence-corrected chi connectivity index (χ3v) is 4.14. The van der Waals surface area contributed by atoms with Crippen LogP contribution >= 0.6 is 0 Å². The van der Waals surface area contributed by atoms with E-state index in [2.05, 4.69) is 11.1 Å². The first-order valence-corrected chi connectivity index (χ1v) is 8.24. The summed E-state index contributed by atoms with van der Waals surface area (Å²) in [5.74, 6) is 1.48. The quantitative estimate of drug-likeness (QED) is 0.522. The van der Waals surface area contributed by atoms with E-state index < -0.39 is 6.67 Å². The number of aromatic amines is 1. The largest absolute Gasteiger partial charge is 0.491 e. The summed E-state index contributed by atoms with van der Waals surface area (Å²) in [4.78, 5) is 3.38. The number of fused-ring (bicyclic) bond motifs is 3. The predicted molar refractivity (Wildman–Crippen MR) is 98.0 cm³/mol. The van der Waals surface area contributed by atoms with Crippen molar-refractivity contribution in [3.05, 3.63) is 72.3 Å². The summed E-state index contributed by atoms with van der Waals surface area (Å²) >= 11 is 0. The molecule has 3 nitrogen and oxygen atoms in total. The summed E-state index contributed by atoms with van der Waals surface area (Å²) in [6, 6.07) is 21.9. The van der Waals surface area contributed by atoms with Crippen LogP contribution in [-0.4, -0.2) is 18.3 Å². The van der Waals surface area contributed by atoms with Gasteiger partial charge in [-0.1, -0.05) is 30.3 Å². The molecule has 1 aromatic heterocycles. The van der Waals surface area contributed by atoms with Crippen LogP contribution in [0, 0.1) is 0 Å². The Kier molecular flexibility index (Phi) is 4.25. The van der Waals surface area contributed by atoms with Gasteiger partial charge in [-0.15, -0.1) is 0 Å². The van der Waals surface area contributed by atoms with Gasteiger partial charge in [-0.25, -0.2) is 4.39 Å². The van der Waals surface area contributed by atoms with Gasteiger partial charge >= 0.3 is 0 Å². The summed E-state index contributed by atoms with van der Waals surface area (Å²) < 4.78 is 23.5. The van der Waals surface area contributed by atoms with Crippen LogP contribution in [0.15, 0.2) is 66.7 Å². The average molecular weight is 335 g/mol. The summed E-state index contributed by atoms with van der Waals surface area (Å²) in [6.07, 6.45) is 0. The molecule has 0 unspecified atom stereocenters.